The summed E-state index contributed by atoms with van der Waals surface area (Å²) in [6.07, 6.45) is 0.362. The van der Waals surface area contributed by atoms with Gasteiger partial charge >= 0.3 is 0 Å². The van der Waals surface area contributed by atoms with Crippen molar-refractivity contribution in [2.45, 2.75) is 6.42 Å². The Kier molecular flexibility index (Phi) is 3.74. The van der Waals surface area contributed by atoms with Gasteiger partial charge < -0.3 is 10.0 Å². The summed E-state index contributed by atoms with van der Waals surface area (Å²) in [5, 5.41) is 13.0. The Morgan fingerprint density at radius 1 is 1.61 bits per heavy atom. The first-order chi connectivity index (χ1) is 8.61. The Hall–Kier alpha value is -1.72. The lowest BCUT2D eigenvalue weighted by molar-refractivity contribution is -0.117. The fraction of sp³-hybridized carbons (Fsp3) is 0.364. The van der Waals surface area contributed by atoms with Gasteiger partial charge in [-0.2, -0.15) is 0 Å². The maximum Gasteiger partial charge on any atom is 0.227 e. The molecule has 1 fully saturated rings. The summed E-state index contributed by atoms with van der Waals surface area (Å²) in [6.45, 7) is 0.815. The minimum atomic E-state index is -0.0283. The first kappa shape index (κ1) is 12.7. The number of azide groups is 1. The molecule has 0 aromatic heterocycles. The molecule has 1 aromatic rings. The number of anilines is 1. The molecule has 7 heteroatoms. The largest absolute Gasteiger partial charge is 0.508 e. The van der Waals surface area contributed by atoms with Crippen molar-refractivity contribution in [1.29, 1.82) is 0 Å². The van der Waals surface area contributed by atoms with Gasteiger partial charge in [-0.15, -0.1) is 0 Å². The smallest absolute Gasteiger partial charge is 0.227 e. The van der Waals surface area contributed by atoms with E-state index in [0.717, 1.165) is 4.47 Å². The third kappa shape index (κ3) is 2.57. The minimum absolute atomic E-state index is 0.0283. The Labute approximate surface area is 112 Å². The molecule has 1 N–H and O–H groups in total. The van der Waals surface area contributed by atoms with Gasteiger partial charge in [-0.05, 0) is 39.5 Å². The van der Waals surface area contributed by atoms with Crippen LogP contribution in [0.1, 0.15) is 6.42 Å². The lowest BCUT2D eigenvalue weighted by Gasteiger charge is -2.18. The van der Waals surface area contributed by atoms with Crippen molar-refractivity contribution in [2.75, 3.05) is 18.0 Å². The van der Waals surface area contributed by atoms with Crippen molar-refractivity contribution in [2.24, 2.45) is 11.0 Å². The van der Waals surface area contributed by atoms with Gasteiger partial charge in [0.05, 0.1) is 5.69 Å². The third-order valence-corrected chi connectivity index (χ3v) is 3.50. The van der Waals surface area contributed by atoms with Crippen LogP contribution in [-0.2, 0) is 4.79 Å². The maximum atomic E-state index is 11.9. The summed E-state index contributed by atoms with van der Waals surface area (Å²) in [5.74, 6) is 0.113. The number of rotatable bonds is 3. The number of amides is 1. The van der Waals surface area contributed by atoms with Crippen LogP contribution in [0.4, 0.5) is 5.69 Å². The zero-order valence-electron chi connectivity index (χ0n) is 9.45. The third-order valence-electron chi connectivity index (χ3n) is 2.83. The van der Waals surface area contributed by atoms with E-state index in [9.17, 15) is 9.90 Å². The average Bonchev–Trinajstić information content (AvgIpc) is 2.71. The van der Waals surface area contributed by atoms with Crippen LogP contribution in [0.15, 0.2) is 27.8 Å². The van der Waals surface area contributed by atoms with Gasteiger partial charge in [-0.25, -0.2) is 0 Å². The molecule has 1 aliphatic rings. The number of aromatic hydroxyl groups is 1. The van der Waals surface area contributed by atoms with Crippen LogP contribution < -0.4 is 4.90 Å². The Balaban J connectivity index is 2.21. The maximum absolute atomic E-state index is 11.9. The molecule has 1 heterocycles. The van der Waals surface area contributed by atoms with E-state index in [4.69, 9.17) is 5.53 Å². The first-order valence-corrected chi connectivity index (χ1v) is 6.21. The van der Waals surface area contributed by atoms with Gasteiger partial charge in [-0.3, -0.25) is 4.79 Å². The summed E-state index contributed by atoms with van der Waals surface area (Å²) < 4.78 is 0.748. The SMILES string of the molecule is [N-]=[N+]=NCC1CC(=O)N(c2cc(O)ccc2Br)C1. The summed E-state index contributed by atoms with van der Waals surface area (Å²) in [5.41, 5.74) is 8.92. The van der Waals surface area contributed by atoms with Crippen LogP contribution in [0.2, 0.25) is 0 Å². The number of hydrogen-bond donors (Lipinski definition) is 1. The second kappa shape index (κ2) is 5.29. The zero-order valence-corrected chi connectivity index (χ0v) is 11.0. The van der Waals surface area contributed by atoms with Crippen molar-refractivity contribution in [3.8, 4) is 5.75 Å². The van der Waals surface area contributed by atoms with Gasteiger partial charge in [-0.1, -0.05) is 5.11 Å². The van der Waals surface area contributed by atoms with Crippen molar-refractivity contribution in [1.82, 2.24) is 0 Å². The normalized spacial score (nSPS) is 18.8. The average molecular weight is 311 g/mol. The van der Waals surface area contributed by atoms with E-state index in [1.165, 1.54) is 6.07 Å². The van der Waals surface area contributed by atoms with Crippen molar-refractivity contribution in [3.63, 3.8) is 0 Å². The Morgan fingerprint density at radius 2 is 2.39 bits per heavy atom. The molecule has 1 amide bonds. The number of phenolic OH excluding ortho intramolecular Hbond substituents is 1. The number of halogens is 1. The van der Waals surface area contributed by atoms with Crippen molar-refractivity contribution in [3.05, 3.63) is 33.1 Å². The summed E-state index contributed by atoms with van der Waals surface area (Å²) >= 11 is 3.35. The van der Waals surface area contributed by atoms with E-state index >= 15 is 0 Å². The number of carbonyl (C=O) groups excluding carboxylic acids is 1. The molecule has 0 aliphatic carbocycles. The van der Waals surface area contributed by atoms with Crippen LogP contribution in [0.5, 0.6) is 5.75 Å². The molecule has 1 aromatic carbocycles. The first-order valence-electron chi connectivity index (χ1n) is 5.41. The molecule has 94 valence electrons. The fourth-order valence-corrected chi connectivity index (χ4v) is 2.46. The van der Waals surface area contributed by atoms with E-state index in [1.807, 2.05) is 0 Å². The fourth-order valence-electron chi connectivity index (χ4n) is 2.00. The summed E-state index contributed by atoms with van der Waals surface area (Å²) in [7, 11) is 0. The van der Waals surface area contributed by atoms with E-state index in [-0.39, 0.29) is 17.6 Å². The van der Waals surface area contributed by atoms with E-state index in [0.29, 0.717) is 25.2 Å². The molecule has 0 saturated carbocycles. The molecular formula is C11H11BrN4O2. The molecule has 1 atom stereocenters. The number of carbonyl (C=O) groups is 1. The molecule has 1 unspecified atom stereocenters. The molecule has 0 radical (unpaired) electrons. The van der Waals surface area contributed by atoms with Gasteiger partial charge in [0.1, 0.15) is 5.75 Å². The highest BCUT2D eigenvalue weighted by Crippen LogP contribution is 2.34. The predicted octanol–water partition coefficient (Wildman–Crippen LogP) is 2.82. The summed E-state index contributed by atoms with van der Waals surface area (Å²) in [6, 6.07) is 4.78. The highest BCUT2D eigenvalue weighted by molar-refractivity contribution is 9.10. The molecule has 18 heavy (non-hydrogen) atoms. The molecule has 1 saturated heterocycles. The van der Waals surface area contributed by atoms with E-state index in [1.54, 1.807) is 17.0 Å². The van der Waals surface area contributed by atoms with Gasteiger partial charge in [0, 0.05) is 35.0 Å². The number of phenols is 1. The van der Waals surface area contributed by atoms with Gasteiger partial charge in [0.15, 0.2) is 0 Å². The van der Waals surface area contributed by atoms with Crippen molar-refractivity contribution >= 4 is 27.5 Å². The van der Waals surface area contributed by atoms with Crippen LogP contribution >= 0.6 is 15.9 Å². The van der Waals surface area contributed by atoms with Crippen LogP contribution in [-0.4, -0.2) is 24.1 Å². The Bertz CT molecular complexity index is 528. The monoisotopic (exact) mass is 310 g/mol. The number of nitrogens with zero attached hydrogens (tertiary/aromatic N) is 4. The van der Waals surface area contributed by atoms with Crippen LogP contribution in [0.3, 0.4) is 0 Å². The highest BCUT2D eigenvalue weighted by atomic mass is 79.9. The van der Waals surface area contributed by atoms with E-state index in [2.05, 4.69) is 26.0 Å². The molecule has 0 bridgehead atoms. The lowest BCUT2D eigenvalue weighted by atomic mass is 10.1. The quantitative estimate of drug-likeness (QED) is 0.528. The topological polar surface area (TPSA) is 89.3 Å². The predicted molar refractivity (Wildman–Crippen MR) is 70.3 cm³/mol. The number of hydrogen-bond acceptors (Lipinski definition) is 3. The number of benzene rings is 1. The second-order valence-electron chi connectivity index (χ2n) is 4.12. The molecule has 1 aliphatic heterocycles. The van der Waals surface area contributed by atoms with Crippen LogP contribution in [0.25, 0.3) is 10.4 Å². The van der Waals surface area contributed by atoms with Gasteiger partial charge in [0.2, 0.25) is 5.91 Å². The molecule has 6 nitrogen and oxygen atoms in total. The molecular weight excluding hydrogens is 300 g/mol. The van der Waals surface area contributed by atoms with E-state index < -0.39 is 0 Å². The summed E-state index contributed by atoms with van der Waals surface area (Å²) in [4.78, 5) is 16.2. The standard InChI is InChI=1S/C11H11BrN4O2/c12-9-2-1-8(17)4-10(9)16-6-7(3-11(16)18)5-14-15-13/h1-2,4,7,17H,3,5-6H2. The highest BCUT2D eigenvalue weighted by Gasteiger charge is 2.31. The molecule has 0 spiro atoms. The van der Waals surface area contributed by atoms with Gasteiger partial charge in [0.25, 0.3) is 0 Å². The Morgan fingerprint density at radius 3 is 3.11 bits per heavy atom. The molecule has 2 rings (SSSR count). The van der Waals surface area contributed by atoms with Crippen LogP contribution in [0, 0.1) is 5.92 Å². The zero-order chi connectivity index (χ0) is 13.1. The lowest BCUT2D eigenvalue weighted by Crippen LogP contribution is -2.25. The second-order valence-corrected chi connectivity index (χ2v) is 4.98. The van der Waals surface area contributed by atoms with Crippen molar-refractivity contribution < 1.29 is 9.90 Å². The minimum Gasteiger partial charge on any atom is -0.508 e.